The number of amides is 2. The molecular formula is C23H25Cl2N3O4S3. The lowest BCUT2D eigenvalue weighted by molar-refractivity contribution is -0.122. The Balaban J connectivity index is 1.44. The molecule has 0 aliphatic rings. The van der Waals surface area contributed by atoms with Gasteiger partial charge in [-0.15, -0.1) is 11.3 Å². The zero-order valence-electron chi connectivity index (χ0n) is 18.8. The molecule has 3 aromatic rings. The van der Waals surface area contributed by atoms with Gasteiger partial charge in [0, 0.05) is 28.6 Å². The maximum atomic E-state index is 12.7. The molecule has 1 heterocycles. The van der Waals surface area contributed by atoms with Crippen molar-refractivity contribution >= 4 is 78.2 Å². The van der Waals surface area contributed by atoms with E-state index in [0.717, 1.165) is 10.1 Å². The van der Waals surface area contributed by atoms with Gasteiger partial charge in [0.25, 0.3) is 5.91 Å². The van der Waals surface area contributed by atoms with Crippen LogP contribution in [0.15, 0.2) is 53.4 Å². The summed E-state index contributed by atoms with van der Waals surface area (Å²) in [5.41, 5.74) is 0. The quantitative estimate of drug-likeness (QED) is 0.276. The first-order chi connectivity index (χ1) is 16.7. The summed E-state index contributed by atoms with van der Waals surface area (Å²) in [6, 6.07) is 13.1. The molecule has 0 fully saturated rings. The van der Waals surface area contributed by atoms with Crippen molar-refractivity contribution in [3.8, 4) is 0 Å². The molecule has 0 saturated heterocycles. The number of sulfonamides is 1. The average molecular weight is 575 g/mol. The van der Waals surface area contributed by atoms with Crippen LogP contribution in [0.25, 0.3) is 10.1 Å². The van der Waals surface area contributed by atoms with Crippen LogP contribution in [-0.4, -0.2) is 51.4 Å². The van der Waals surface area contributed by atoms with Crippen LogP contribution in [0, 0.1) is 0 Å². The van der Waals surface area contributed by atoms with Gasteiger partial charge in [0.1, 0.15) is 10.9 Å². The Labute approximate surface area is 223 Å². The molecule has 35 heavy (non-hydrogen) atoms. The van der Waals surface area contributed by atoms with Crippen molar-refractivity contribution in [1.29, 1.82) is 0 Å². The molecule has 0 unspecified atom stereocenters. The van der Waals surface area contributed by atoms with Crippen molar-refractivity contribution in [2.45, 2.75) is 23.8 Å². The summed E-state index contributed by atoms with van der Waals surface area (Å²) >= 11 is 14.6. The molecule has 188 valence electrons. The highest BCUT2D eigenvalue weighted by atomic mass is 35.5. The zero-order valence-corrected chi connectivity index (χ0v) is 22.8. The van der Waals surface area contributed by atoms with Gasteiger partial charge < -0.3 is 10.6 Å². The highest BCUT2D eigenvalue weighted by molar-refractivity contribution is 7.98. The van der Waals surface area contributed by atoms with Crippen LogP contribution in [-0.2, 0) is 14.8 Å². The second-order valence-corrected chi connectivity index (χ2v) is 12.2. The van der Waals surface area contributed by atoms with Crippen LogP contribution >= 0.6 is 46.3 Å². The first-order valence-corrected chi connectivity index (χ1v) is 15.2. The van der Waals surface area contributed by atoms with Crippen LogP contribution in [0.3, 0.4) is 0 Å². The number of nitrogens with one attached hydrogen (secondary N) is 3. The molecule has 2 amide bonds. The Hall–Kier alpha value is -1.82. The van der Waals surface area contributed by atoms with Gasteiger partial charge in [-0.05, 0) is 54.8 Å². The molecule has 0 bridgehead atoms. The molecule has 1 aromatic heterocycles. The number of rotatable bonds is 12. The van der Waals surface area contributed by atoms with E-state index < -0.39 is 16.1 Å². The molecule has 2 aromatic carbocycles. The largest absolute Gasteiger partial charge is 0.354 e. The minimum Gasteiger partial charge on any atom is -0.354 e. The standard InChI is InChI=1S/C23H25Cl2N3O4S3/c1-33-14-18(28-23(30)20-12-15-6-2-3-7-19(15)34-20)22(29)26-10-4-5-11-27-35(31,32)21-9-8-16(24)13-17(21)25/h2-3,6-9,12-13,18,27H,4-5,10-11,14H2,1H3,(H,26,29)(H,28,30)/t18-/m0/s1. The molecule has 3 N–H and O–H groups in total. The summed E-state index contributed by atoms with van der Waals surface area (Å²) in [4.78, 5) is 25.9. The number of hydrogen-bond acceptors (Lipinski definition) is 6. The van der Waals surface area contributed by atoms with E-state index in [0.29, 0.717) is 35.0 Å². The van der Waals surface area contributed by atoms with E-state index in [1.54, 1.807) is 0 Å². The van der Waals surface area contributed by atoms with E-state index in [1.807, 2.05) is 36.6 Å². The fourth-order valence-corrected chi connectivity index (χ4v) is 6.61. The lowest BCUT2D eigenvalue weighted by atomic mass is 10.2. The maximum absolute atomic E-state index is 12.7. The lowest BCUT2D eigenvalue weighted by Crippen LogP contribution is -2.48. The van der Waals surface area contributed by atoms with Crippen molar-refractivity contribution in [1.82, 2.24) is 15.4 Å². The van der Waals surface area contributed by atoms with E-state index in [1.165, 1.54) is 41.3 Å². The van der Waals surface area contributed by atoms with E-state index >= 15 is 0 Å². The fourth-order valence-electron chi connectivity index (χ4n) is 3.23. The molecule has 0 spiro atoms. The second-order valence-electron chi connectivity index (χ2n) is 7.60. The molecule has 0 aliphatic heterocycles. The topological polar surface area (TPSA) is 104 Å². The molecule has 12 heteroatoms. The highest BCUT2D eigenvalue weighted by Gasteiger charge is 2.22. The summed E-state index contributed by atoms with van der Waals surface area (Å²) in [6.45, 7) is 0.542. The molecule has 1 atom stereocenters. The average Bonchev–Trinajstić information content (AvgIpc) is 3.25. The van der Waals surface area contributed by atoms with Gasteiger partial charge in [-0.2, -0.15) is 11.8 Å². The van der Waals surface area contributed by atoms with Gasteiger partial charge in [-0.3, -0.25) is 9.59 Å². The number of carbonyl (C=O) groups is 2. The number of thiophene rings is 1. The van der Waals surface area contributed by atoms with Gasteiger partial charge in [-0.1, -0.05) is 41.4 Å². The normalized spacial score (nSPS) is 12.4. The summed E-state index contributed by atoms with van der Waals surface area (Å²) in [5.74, 6) is -0.123. The Morgan fingerprint density at radius 2 is 1.80 bits per heavy atom. The Morgan fingerprint density at radius 1 is 1.06 bits per heavy atom. The van der Waals surface area contributed by atoms with Crippen LogP contribution in [0.5, 0.6) is 0 Å². The molecule has 0 saturated carbocycles. The van der Waals surface area contributed by atoms with E-state index in [9.17, 15) is 18.0 Å². The smallest absolute Gasteiger partial charge is 0.262 e. The van der Waals surface area contributed by atoms with Crippen molar-refractivity contribution in [2.75, 3.05) is 25.1 Å². The minimum absolute atomic E-state index is 0.0360. The Bertz CT molecular complexity index is 1270. The SMILES string of the molecule is CSC[C@H](NC(=O)c1cc2ccccc2s1)C(=O)NCCCCNS(=O)(=O)c1ccc(Cl)cc1Cl. The van der Waals surface area contributed by atoms with E-state index in [2.05, 4.69) is 15.4 Å². The van der Waals surface area contributed by atoms with Gasteiger partial charge in [0.2, 0.25) is 15.9 Å². The summed E-state index contributed by atoms with van der Waals surface area (Å²) < 4.78 is 28.3. The number of benzene rings is 2. The third kappa shape index (κ3) is 7.83. The number of fused-ring (bicyclic) bond motifs is 1. The first-order valence-electron chi connectivity index (χ1n) is 10.7. The minimum atomic E-state index is -3.76. The molecule has 3 rings (SSSR count). The van der Waals surface area contributed by atoms with Crippen molar-refractivity contribution < 1.29 is 18.0 Å². The Morgan fingerprint density at radius 3 is 2.51 bits per heavy atom. The zero-order chi connectivity index (χ0) is 25.4. The third-order valence-electron chi connectivity index (χ3n) is 4.98. The van der Waals surface area contributed by atoms with Crippen molar-refractivity contribution in [2.24, 2.45) is 0 Å². The van der Waals surface area contributed by atoms with E-state index in [-0.39, 0.29) is 28.3 Å². The fraction of sp³-hybridized carbons (Fsp3) is 0.304. The summed E-state index contributed by atoms with van der Waals surface area (Å²) in [5, 5.41) is 7.03. The van der Waals surface area contributed by atoms with Crippen LogP contribution in [0.1, 0.15) is 22.5 Å². The monoisotopic (exact) mass is 573 g/mol. The molecule has 0 aliphatic carbocycles. The Kier molecular flexibility index (Phi) is 10.3. The number of unbranched alkanes of at least 4 members (excludes halogenated alkanes) is 1. The molecule has 0 radical (unpaired) electrons. The van der Waals surface area contributed by atoms with Crippen LogP contribution in [0.4, 0.5) is 0 Å². The van der Waals surface area contributed by atoms with Crippen molar-refractivity contribution in [3.63, 3.8) is 0 Å². The summed E-state index contributed by atoms with van der Waals surface area (Å²) in [7, 11) is -3.76. The van der Waals surface area contributed by atoms with Gasteiger partial charge in [0.15, 0.2) is 0 Å². The molecule has 7 nitrogen and oxygen atoms in total. The van der Waals surface area contributed by atoms with Crippen molar-refractivity contribution in [3.05, 3.63) is 63.5 Å². The van der Waals surface area contributed by atoms with E-state index in [4.69, 9.17) is 23.2 Å². The number of halogens is 2. The first kappa shape index (κ1) is 27.8. The van der Waals surface area contributed by atoms with Gasteiger partial charge in [0.05, 0.1) is 9.90 Å². The predicted octanol–water partition coefficient (Wildman–Crippen LogP) is 4.54. The maximum Gasteiger partial charge on any atom is 0.262 e. The second kappa shape index (κ2) is 12.9. The van der Waals surface area contributed by atoms with Crippen LogP contribution < -0.4 is 15.4 Å². The number of hydrogen-bond donors (Lipinski definition) is 3. The van der Waals surface area contributed by atoms with Gasteiger partial charge in [-0.25, -0.2) is 13.1 Å². The molecular weight excluding hydrogens is 549 g/mol. The lowest BCUT2D eigenvalue weighted by Gasteiger charge is -2.17. The third-order valence-corrected chi connectivity index (χ3v) is 8.94. The van der Waals surface area contributed by atoms with Crippen LogP contribution in [0.2, 0.25) is 10.0 Å². The highest BCUT2D eigenvalue weighted by Crippen LogP contribution is 2.26. The van der Waals surface area contributed by atoms with Gasteiger partial charge >= 0.3 is 0 Å². The predicted molar refractivity (Wildman–Crippen MR) is 145 cm³/mol. The number of carbonyl (C=O) groups excluding carboxylic acids is 2. The number of thioether (sulfide) groups is 1. The summed E-state index contributed by atoms with van der Waals surface area (Å²) in [6.07, 6.45) is 2.93.